The van der Waals surface area contributed by atoms with Crippen molar-refractivity contribution in [1.82, 2.24) is 0 Å². The fourth-order valence-electron chi connectivity index (χ4n) is 2.55. The van der Waals surface area contributed by atoms with E-state index in [1.807, 2.05) is 0 Å². The molecule has 1 N–H and O–H groups in total. The fourth-order valence-corrected chi connectivity index (χ4v) is 3.61. The Morgan fingerprint density at radius 2 is 1.25 bits per heavy atom. The van der Waals surface area contributed by atoms with E-state index >= 15 is 0 Å². The third-order valence-electron chi connectivity index (χ3n) is 3.82. The van der Waals surface area contributed by atoms with Crippen LogP contribution in [0.25, 0.3) is 0 Å². The van der Waals surface area contributed by atoms with E-state index in [4.69, 9.17) is 4.55 Å². The number of unbranched alkanes of at least 4 members (excludes halogenated alkanes) is 9. The molecule has 1 atom stereocenters. The Morgan fingerprint density at radius 1 is 0.850 bits per heavy atom. The molecule has 20 heavy (non-hydrogen) atoms. The van der Waals surface area contributed by atoms with Gasteiger partial charge in [0.25, 0.3) is 10.1 Å². The molecule has 0 saturated heterocycles. The first-order valence-electron chi connectivity index (χ1n) is 8.16. The summed E-state index contributed by atoms with van der Waals surface area (Å²) in [6.45, 7) is 5.78. The first-order valence-corrected chi connectivity index (χ1v) is 9.66. The highest BCUT2D eigenvalue weighted by atomic mass is 32.2. The van der Waals surface area contributed by atoms with Gasteiger partial charge >= 0.3 is 0 Å². The van der Waals surface area contributed by atoms with Crippen molar-refractivity contribution in [2.75, 3.05) is 0 Å². The Hall–Kier alpha value is -0.0900. The highest BCUT2D eigenvalue weighted by molar-refractivity contribution is 7.86. The molecule has 0 spiro atoms. The summed E-state index contributed by atoms with van der Waals surface area (Å²) in [6, 6.07) is 0. The third-order valence-corrected chi connectivity index (χ3v) is 5.25. The Morgan fingerprint density at radius 3 is 1.60 bits per heavy atom. The molecule has 3 nitrogen and oxygen atoms in total. The Kier molecular flexibility index (Phi) is 11.5. The van der Waals surface area contributed by atoms with Gasteiger partial charge in [0.1, 0.15) is 0 Å². The van der Waals surface area contributed by atoms with Gasteiger partial charge in [-0.15, -0.1) is 0 Å². The van der Waals surface area contributed by atoms with E-state index in [0.29, 0.717) is 6.42 Å². The molecule has 0 aromatic heterocycles. The standard InChI is InChI=1S/C16H33O3S/c1-4-5-6-7-8-9-10-11-12-13-14-16(15(2)3)20(17,18)19/h16H,4-14H2,1-3H3,(H,17,18,19). The van der Waals surface area contributed by atoms with Crippen LogP contribution in [-0.4, -0.2) is 18.2 Å². The smallest absolute Gasteiger partial charge is 0.268 e. The molecule has 0 heterocycles. The third kappa shape index (κ3) is 10.7. The summed E-state index contributed by atoms with van der Waals surface area (Å²) in [5, 5.41) is -0.670. The number of hydrogen-bond donors (Lipinski definition) is 1. The molecule has 0 rings (SSSR count). The predicted molar refractivity (Wildman–Crippen MR) is 86.4 cm³/mol. The summed E-state index contributed by atoms with van der Waals surface area (Å²) >= 11 is 0. The van der Waals surface area contributed by atoms with Crippen LogP contribution >= 0.6 is 0 Å². The van der Waals surface area contributed by atoms with Gasteiger partial charge in [-0.3, -0.25) is 4.55 Å². The summed E-state index contributed by atoms with van der Waals surface area (Å²) in [4.78, 5) is 0. The Bertz CT molecular complexity index is 310. The summed E-state index contributed by atoms with van der Waals surface area (Å²) < 4.78 is 31.5. The van der Waals surface area contributed by atoms with Crippen molar-refractivity contribution < 1.29 is 13.0 Å². The normalized spacial score (nSPS) is 13.8. The van der Waals surface area contributed by atoms with Gasteiger partial charge in [0, 0.05) is 0 Å². The molecule has 0 fully saturated rings. The van der Waals surface area contributed by atoms with Crippen molar-refractivity contribution in [3.63, 3.8) is 0 Å². The summed E-state index contributed by atoms with van der Waals surface area (Å²) in [6.07, 6.45) is 12.9. The second-order valence-corrected chi connectivity index (χ2v) is 7.65. The molecule has 0 bridgehead atoms. The zero-order valence-corrected chi connectivity index (χ0v) is 14.3. The molecular formula is C16H33O3S. The Labute approximate surface area is 126 Å². The number of hydrogen-bond acceptors (Lipinski definition) is 2. The average Bonchev–Trinajstić information content (AvgIpc) is 2.34. The quantitative estimate of drug-likeness (QED) is 0.377. The van der Waals surface area contributed by atoms with Crippen molar-refractivity contribution >= 4 is 10.1 Å². The molecule has 0 aromatic rings. The van der Waals surface area contributed by atoms with Crippen LogP contribution in [0, 0.1) is 5.92 Å². The van der Waals surface area contributed by atoms with E-state index in [1.165, 1.54) is 51.4 Å². The number of rotatable bonds is 13. The van der Waals surface area contributed by atoms with Crippen molar-refractivity contribution in [3.05, 3.63) is 5.92 Å². The van der Waals surface area contributed by atoms with Crippen molar-refractivity contribution in [1.29, 1.82) is 0 Å². The maximum atomic E-state index is 11.2. The molecule has 0 aliphatic heterocycles. The molecule has 1 unspecified atom stereocenters. The summed E-state index contributed by atoms with van der Waals surface area (Å²) in [7, 11) is -3.91. The highest BCUT2D eigenvalue weighted by Crippen LogP contribution is 2.20. The van der Waals surface area contributed by atoms with Crippen LogP contribution in [-0.2, 0) is 10.1 Å². The van der Waals surface area contributed by atoms with Crippen LogP contribution < -0.4 is 0 Å². The lowest BCUT2D eigenvalue weighted by molar-refractivity contribution is 0.458. The van der Waals surface area contributed by atoms with Gasteiger partial charge in [-0.25, -0.2) is 0 Å². The van der Waals surface area contributed by atoms with E-state index < -0.39 is 15.4 Å². The summed E-state index contributed by atoms with van der Waals surface area (Å²) in [5.41, 5.74) is 0. The van der Waals surface area contributed by atoms with Gasteiger partial charge < -0.3 is 0 Å². The maximum absolute atomic E-state index is 11.2. The van der Waals surface area contributed by atoms with Crippen LogP contribution in [0.1, 0.15) is 91.4 Å². The zero-order valence-electron chi connectivity index (χ0n) is 13.5. The molecule has 0 aliphatic rings. The second kappa shape index (κ2) is 11.6. The topological polar surface area (TPSA) is 54.4 Å². The molecule has 0 saturated carbocycles. The van der Waals surface area contributed by atoms with Gasteiger partial charge in [-0.05, 0) is 12.3 Å². The van der Waals surface area contributed by atoms with Gasteiger partial charge in [0.15, 0.2) is 0 Å². The first kappa shape index (κ1) is 19.9. The first-order chi connectivity index (χ1) is 9.39. The summed E-state index contributed by atoms with van der Waals surface area (Å²) in [5.74, 6) is 0.781. The van der Waals surface area contributed by atoms with Crippen LogP contribution in [0.3, 0.4) is 0 Å². The largest absolute Gasteiger partial charge is 0.285 e. The van der Waals surface area contributed by atoms with E-state index in [2.05, 4.69) is 6.92 Å². The van der Waals surface area contributed by atoms with Gasteiger partial charge in [0.2, 0.25) is 0 Å². The van der Waals surface area contributed by atoms with E-state index in [9.17, 15) is 8.42 Å². The van der Waals surface area contributed by atoms with E-state index in [-0.39, 0.29) is 0 Å². The molecular weight excluding hydrogens is 272 g/mol. The van der Waals surface area contributed by atoms with Gasteiger partial charge in [-0.1, -0.05) is 85.0 Å². The lowest BCUT2D eigenvalue weighted by Gasteiger charge is -2.16. The lowest BCUT2D eigenvalue weighted by Crippen LogP contribution is -2.24. The molecule has 0 aromatic carbocycles. The predicted octanol–water partition coefficient (Wildman–Crippen LogP) is 5.17. The minimum atomic E-state index is -3.91. The van der Waals surface area contributed by atoms with Crippen molar-refractivity contribution in [3.8, 4) is 0 Å². The van der Waals surface area contributed by atoms with Crippen LogP contribution in [0.4, 0.5) is 0 Å². The highest BCUT2D eigenvalue weighted by Gasteiger charge is 2.25. The minimum absolute atomic E-state index is 0.553. The molecule has 0 amide bonds. The van der Waals surface area contributed by atoms with Crippen LogP contribution in [0.2, 0.25) is 0 Å². The second-order valence-electron chi connectivity index (χ2n) is 6.05. The fraction of sp³-hybridized carbons (Fsp3) is 0.938. The Balaban J connectivity index is 3.52. The molecule has 4 heteroatoms. The molecule has 0 aliphatic carbocycles. The zero-order chi connectivity index (χ0) is 15.4. The maximum Gasteiger partial charge on any atom is 0.268 e. The average molecular weight is 306 g/mol. The SMILES string of the molecule is CCCCCCCCCCCCC([C](C)C)S(=O)(=O)O. The van der Waals surface area contributed by atoms with E-state index in [1.54, 1.807) is 13.8 Å². The van der Waals surface area contributed by atoms with Crippen molar-refractivity contribution in [2.45, 2.75) is 96.7 Å². The molecule has 1 radical (unpaired) electrons. The van der Waals surface area contributed by atoms with Crippen molar-refractivity contribution in [2.24, 2.45) is 0 Å². The van der Waals surface area contributed by atoms with E-state index in [0.717, 1.165) is 18.8 Å². The van der Waals surface area contributed by atoms with Crippen LogP contribution in [0.5, 0.6) is 0 Å². The van der Waals surface area contributed by atoms with Gasteiger partial charge in [-0.2, -0.15) is 8.42 Å². The monoisotopic (exact) mass is 305 g/mol. The molecule has 121 valence electrons. The van der Waals surface area contributed by atoms with Crippen LogP contribution in [0.15, 0.2) is 0 Å². The lowest BCUT2D eigenvalue weighted by atomic mass is 10.0. The minimum Gasteiger partial charge on any atom is -0.285 e. The van der Waals surface area contributed by atoms with Gasteiger partial charge in [0.05, 0.1) is 5.25 Å².